The SMILES string of the molecule is CCCCCCC(S)C(=O)NCC(=O)OC. The summed E-state index contributed by atoms with van der Waals surface area (Å²) in [7, 11) is 1.29. The van der Waals surface area contributed by atoms with Crippen LogP contribution in [0.15, 0.2) is 0 Å². The zero-order valence-electron chi connectivity index (χ0n) is 9.99. The molecule has 0 rings (SSSR count). The number of hydrogen-bond donors (Lipinski definition) is 2. The molecule has 0 bridgehead atoms. The van der Waals surface area contributed by atoms with Crippen molar-refractivity contribution >= 4 is 24.5 Å². The Morgan fingerprint density at radius 1 is 1.31 bits per heavy atom. The van der Waals surface area contributed by atoms with E-state index in [4.69, 9.17) is 0 Å². The molecule has 0 aliphatic carbocycles. The van der Waals surface area contributed by atoms with Gasteiger partial charge in [0.1, 0.15) is 6.54 Å². The number of amides is 1. The lowest BCUT2D eigenvalue weighted by molar-refractivity contribution is -0.141. The van der Waals surface area contributed by atoms with Gasteiger partial charge in [-0.25, -0.2) is 0 Å². The zero-order chi connectivity index (χ0) is 12.4. The fraction of sp³-hybridized carbons (Fsp3) is 0.818. The van der Waals surface area contributed by atoms with Crippen LogP contribution in [0.4, 0.5) is 0 Å². The Morgan fingerprint density at radius 2 is 2.00 bits per heavy atom. The molecule has 4 nitrogen and oxygen atoms in total. The Hall–Kier alpha value is -0.710. The molecule has 16 heavy (non-hydrogen) atoms. The standard InChI is InChI=1S/C11H21NO3S/c1-3-4-5-6-7-9(16)11(14)12-8-10(13)15-2/h9,16H,3-8H2,1-2H3,(H,12,14). The molecule has 1 atom stereocenters. The molecule has 94 valence electrons. The summed E-state index contributed by atoms with van der Waals surface area (Å²) in [6, 6.07) is 0. The molecule has 0 aromatic carbocycles. The van der Waals surface area contributed by atoms with Crippen molar-refractivity contribution in [1.82, 2.24) is 5.32 Å². The smallest absolute Gasteiger partial charge is 0.325 e. The molecule has 0 aliphatic rings. The van der Waals surface area contributed by atoms with E-state index in [1.54, 1.807) is 0 Å². The molecule has 1 N–H and O–H groups in total. The van der Waals surface area contributed by atoms with Crippen molar-refractivity contribution in [1.29, 1.82) is 0 Å². The van der Waals surface area contributed by atoms with Crippen molar-refractivity contribution < 1.29 is 14.3 Å². The molecule has 0 radical (unpaired) electrons. The van der Waals surface area contributed by atoms with E-state index in [1.807, 2.05) is 0 Å². The van der Waals surface area contributed by atoms with Crippen LogP contribution in [0.5, 0.6) is 0 Å². The molecule has 5 heteroatoms. The van der Waals surface area contributed by atoms with E-state index < -0.39 is 5.97 Å². The number of carbonyl (C=O) groups is 2. The molecule has 0 fully saturated rings. The van der Waals surface area contributed by atoms with E-state index >= 15 is 0 Å². The number of ether oxygens (including phenoxy) is 1. The molecular formula is C11H21NO3S. The number of nitrogens with one attached hydrogen (secondary N) is 1. The van der Waals surface area contributed by atoms with Crippen molar-refractivity contribution in [3.63, 3.8) is 0 Å². The van der Waals surface area contributed by atoms with Gasteiger partial charge in [-0.15, -0.1) is 0 Å². The van der Waals surface area contributed by atoms with Gasteiger partial charge >= 0.3 is 5.97 Å². The lowest BCUT2D eigenvalue weighted by Gasteiger charge is -2.10. The Labute approximate surface area is 103 Å². The fourth-order valence-corrected chi connectivity index (χ4v) is 1.52. The molecule has 1 amide bonds. The highest BCUT2D eigenvalue weighted by Gasteiger charge is 2.14. The highest BCUT2D eigenvalue weighted by Crippen LogP contribution is 2.09. The number of hydrogen-bond acceptors (Lipinski definition) is 4. The van der Waals surface area contributed by atoms with Crippen molar-refractivity contribution in [3.8, 4) is 0 Å². The third-order valence-electron chi connectivity index (χ3n) is 2.27. The van der Waals surface area contributed by atoms with Gasteiger partial charge in [-0.2, -0.15) is 12.6 Å². The molecule has 0 saturated carbocycles. The molecule has 0 aromatic heterocycles. The summed E-state index contributed by atoms with van der Waals surface area (Å²) in [4.78, 5) is 22.2. The minimum absolute atomic E-state index is 0.0820. The van der Waals surface area contributed by atoms with E-state index in [9.17, 15) is 9.59 Å². The third kappa shape index (κ3) is 7.56. The largest absolute Gasteiger partial charge is 0.468 e. The third-order valence-corrected chi connectivity index (χ3v) is 2.76. The number of thiol groups is 1. The Bertz CT molecular complexity index is 221. The van der Waals surface area contributed by atoms with Crippen LogP contribution < -0.4 is 5.32 Å². The van der Waals surface area contributed by atoms with Gasteiger partial charge < -0.3 is 10.1 Å². The van der Waals surface area contributed by atoms with E-state index in [-0.39, 0.29) is 17.7 Å². The predicted octanol–water partition coefficient (Wildman–Crippen LogP) is 1.54. The predicted molar refractivity (Wildman–Crippen MR) is 66.6 cm³/mol. The lowest BCUT2D eigenvalue weighted by Crippen LogP contribution is -2.35. The monoisotopic (exact) mass is 247 g/mol. The number of unbranched alkanes of at least 4 members (excludes halogenated alkanes) is 3. The number of methoxy groups -OCH3 is 1. The van der Waals surface area contributed by atoms with E-state index in [0.717, 1.165) is 19.3 Å². The summed E-state index contributed by atoms with van der Waals surface area (Å²) < 4.78 is 4.41. The van der Waals surface area contributed by atoms with Gasteiger partial charge in [0.25, 0.3) is 0 Å². The van der Waals surface area contributed by atoms with E-state index in [2.05, 4.69) is 29.6 Å². The average molecular weight is 247 g/mol. The molecule has 0 spiro atoms. The Morgan fingerprint density at radius 3 is 2.56 bits per heavy atom. The zero-order valence-corrected chi connectivity index (χ0v) is 10.9. The average Bonchev–Trinajstić information content (AvgIpc) is 2.30. The van der Waals surface area contributed by atoms with Gasteiger partial charge in [0, 0.05) is 0 Å². The Kier molecular flexibility index (Phi) is 9.09. The number of carbonyl (C=O) groups excluding carboxylic acids is 2. The number of rotatable bonds is 8. The van der Waals surface area contributed by atoms with Crippen LogP contribution in [0.1, 0.15) is 39.0 Å². The molecule has 0 aromatic rings. The van der Waals surface area contributed by atoms with Gasteiger partial charge in [0.2, 0.25) is 5.91 Å². The summed E-state index contributed by atoms with van der Waals surface area (Å²) in [5, 5.41) is 2.15. The van der Waals surface area contributed by atoms with Crippen LogP contribution in [0.25, 0.3) is 0 Å². The van der Waals surface area contributed by atoms with Crippen LogP contribution >= 0.6 is 12.6 Å². The van der Waals surface area contributed by atoms with Crippen molar-refractivity contribution in [2.75, 3.05) is 13.7 Å². The topological polar surface area (TPSA) is 55.4 Å². The molecular weight excluding hydrogens is 226 g/mol. The van der Waals surface area contributed by atoms with Gasteiger partial charge in [-0.3, -0.25) is 9.59 Å². The first-order valence-corrected chi connectivity index (χ1v) is 6.16. The minimum atomic E-state index is -0.445. The molecule has 0 saturated heterocycles. The summed E-state index contributed by atoms with van der Waals surface area (Å²) in [5.74, 6) is -0.648. The fourth-order valence-electron chi connectivity index (χ4n) is 1.24. The maximum Gasteiger partial charge on any atom is 0.325 e. The van der Waals surface area contributed by atoms with Crippen molar-refractivity contribution in [2.24, 2.45) is 0 Å². The second kappa shape index (κ2) is 9.51. The van der Waals surface area contributed by atoms with E-state index in [0.29, 0.717) is 0 Å². The molecule has 0 aliphatic heterocycles. The van der Waals surface area contributed by atoms with Crippen molar-refractivity contribution in [3.05, 3.63) is 0 Å². The van der Waals surface area contributed by atoms with Gasteiger partial charge in [0.05, 0.1) is 12.4 Å². The maximum atomic E-state index is 11.4. The summed E-state index contributed by atoms with van der Waals surface area (Å²) in [5.41, 5.74) is 0. The second-order valence-electron chi connectivity index (χ2n) is 3.66. The number of esters is 1. The maximum absolute atomic E-state index is 11.4. The first kappa shape index (κ1) is 15.3. The van der Waals surface area contributed by atoms with Crippen LogP contribution in [-0.2, 0) is 14.3 Å². The lowest BCUT2D eigenvalue weighted by atomic mass is 10.1. The van der Waals surface area contributed by atoms with Crippen molar-refractivity contribution in [2.45, 2.75) is 44.3 Å². The highest BCUT2D eigenvalue weighted by atomic mass is 32.1. The summed E-state index contributed by atoms with van der Waals surface area (Å²) in [6.45, 7) is 2.06. The second-order valence-corrected chi connectivity index (χ2v) is 4.28. The first-order valence-electron chi connectivity index (χ1n) is 5.64. The molecule has 0 heterocycles. The van der Waals surface area contributed by atoms with Crippen LogP contribution in [-0.4, -0.2) is 30.8 Å². The van der Waals surface area contributed by atoms with Crippen LogP contribution in [0.2, 0.25) is 0 Å². The van der Waals surface area contributed by atoms with Gasteiger partial charge in [-0.05, 0) is 6.42 Å². The quantitative estimate of drug-likeness (QED) is 0.389. The summed E-state index contributed by atoms with van der Waals surface area (Å²) >= 11 is 4.19. The summed E-state index contributed by atoms with van der Waals surface area (Å²) in [6.07, 6.45) is 5.22. The Balaban J connectivity index is 3.61. The normalized spacial score (nSPS) is 11.9. The van der Waals surface area contributed by atoms with E-state index in [1.165, 1.54) is 20.0 Å². The first-order chi connectivity index (χ1) is 7.61. The minimum Gasteiger partial charge on any atom is -0.468 e. The van der Waals surface area contributed by atoms with Crippen LogP contribution in [0, 0.1) is 0 Å². The highest BCUT2D eigenvalue weighted by molar-refractivity contribution is 7.81. The van der Waals surface area contributed by atoms with Gasteiger partial charge in [-0.1, -0.05) is 32.6 Å². The van der Waals surface area contributed by atoms with Crippen LogP contribution in [0.3, 0.4) is 0 Å². The molecule has 1 unspecified atom stereocenters. The van der Waals surface area contributed by atoms with Gasteiger partial charge in [0.15, 0.2) is 0 Å².